The van der Waals surface area contributed by atoms with Crippen molar-refractivity contribution >= 4 is 27.5 Å². The highest BCUT2D eigenvalue weighted by molar-refractivity contribution is 9.10. The second-order valence-corrected chi connectivity index (χ2v) is 7.44. The Bertz CT molecular complexity index is 459. The predicted octanol–water partition coefficient (Wildman–Crippen LogP) is 3.38. The number of nitrogens with zero attached hydrogens (tertiary/aromatic N) is 2. The molecule has 0 spiro atoms. The summed E-state index contributed by atoms with van der Waals surface area (Å²) >= 11 is 9.78. The molecule has 0 aromatic heterocycles. The van der Waals surface area contributed by atoms with E-state index >= 15 is 0 Å². The van der Waals surface area contributed by atoms with Crippen LogP contribution in [0.5, 0.6) is 0 Å². The van der Waals surface area contributed by atoms with Crippen LogP contribution in [0.4, 0.5) is 0 Å². The second-order valence-electron chi connectivity index (χ2n) is 6.15. The Kier molecular flexibility index (Phi) is 6.51. The van der Waals surface area contributed by atoms with Crippen LogP contribution in [0.3, 0.4) is 0 Å². The first-order valence-electron chi connectivity index (χ1n) is 7.62. The number of hydrogen-bond donors (Lipinski definition) is 1. The fraction of sp³-hybridized carbons (Fsp3) is 0.625. The van der Waals surface area contributed by atoms with Crippen LogP contribution in [-0.2, 0) is 0 Å². The molecular weight excluding hydrogens is 350 g/mol. The van der Waals surface area contributed by atoms with E-state index in [1.165, 1.54) is 12.1 Å². The maximum absolute atomic E-state index is 6.15. The maximum Gasteiger partial charge on any atom is 0.0483 e. The van der Waals surface area contributed by atoms with Crippen molar-refractivity contribution in [3.05, 3.63) is 33.3 Å². The van der Waals surface area contributed by atoms with Crippen LogP contribution in [0.25, 0.3) is 0 Å². The predicted molar refractivity (Wildman–Crippen MR) is 93.8 cm³/mol. The van der Waals surface area contributed by atoms with E-state index in [9.17, 15) is 0 Å². The van der Waals surface area contributed by atoms with E-state index in [1.807, 2.05) is 18.2 Å². The monoisotopic (exact) mass is 373 g/mol. The van der Waals surface area contributed by atoms with Gasteiger partial charge in [-0.3, -0.25) is 4.90 Å². The number of hydrogen-bond acceptors (Lipinski definition) is 3. The highest BCUT2D eigenvalue weighted by atomic mass is 79.9. The van der Waals surface area contributed by atoms with Gasteiger partial charge in [-0.1, -0.05) is 41.4 Å². The molecule has 21 heavy (non-hydrogen) atoms. The molecule has 0 bridgehead atoms. The molecular formula is C16H25BrClN3. The fourth-order valence-electron chi connectivity index (χ4n) is 3.02. The Labute approximate surface area is 141 Å². The lowest BCUT2D eigenvalue weighted by molar-refractivity contribution is 0.0910. The van der Waals surface area contributed by atoms with Crippen molar-refractivity contribution in [3.8, 4) is 0 Å². The third kappa shape index (κ3) is 4.67. The third-order valence-electron chi connectivity index (χ3n) is 4.01. The van der Waals surface area contributed by atoms with Crippen molar-refractivity contribution in [1.82, 2.24) is 9.80 Å². The van der Waals surface area contributed by atoms with Gasteiger partial charge in [-0.05, 0) is 29.7 Å². The molecule has 118 valence electrons. The van der Waals surface area contributed by atoms with E-state index in [0.29, 0.717) is 6.54 Å². The van der Waals surface area contributed by atoms with E-state index in [2.05, 4.69) is 39.6 Å². The van der Waals surface area contributed by atoms with Gasteiger partial charge in [0.25, 0.3) is 0 Å². The van der Waals surface area contributed by atoms with Gasteiger partial charge in [0.15, 0.2) is 0 Å². The molecule has 1 fully saturated rings. The number of benzene rings is 1. The molecule has 0 aliphatic carbocycles. The van der Waals surface area contributed by atoms with Crippen LogP contribution < -0.4 is 5.73 Å². The highest BCUT2D eigenvalue weighted by Gasteiger charge is 2.25. The molecule has 0 radical (unpaired) electrons. The van der Waals surface area contributed by atoms with Gasteiger partial charge in [0.2, 0.25) is 0 Å². The molecule has 1 heterocycles. The Morgan fingerprint density at radius 3 is 2.48 bits per heavy atom. The summed E-state index contributed by atoms with van der Waals surface area (Å²) in [7, 11) is 0. The average Bonchev–Trinajstić information content (AvgIpc) is 2.44. The first-order valence-corrected chi connectivity index (χ1v) is 8.79. The van der Waals surface area contributed by atoms with Crippen molar-refractivity contribution in [1.29, 1.82) is 0 Å². The summed E-state index contributed by atoms with van der Waals surface area (Å²) in [5.41, 5.74) is 7.25. The summed E-state index contributed by atoms with van der Waals surface area (Å²) in [6.45, 7) is 10.7. The zero-order chi connectivity index (χ0) is 15.4. The summed E-state index contributed by atoms with van der Waals surface area (Å²) < 4.78 is 1.09. The topological polar surface area (TPSA) is 32.5 Å². The van der Waals surface area contributed by atoms with Crippen molar-refractivity contribution in [2.24, 2.45) is 11.7 Å². The Morgan fingerprint density at radius 1 is 1.24 bits per heavy atom. The van der Waals surface area contributed by atoms with Gasteiger partial charge in [0.05, 0.1) is 0 Å². The minimum absolute atomic E-state index is 0.235. The third-order valence-corrected chi connectivity index (χ3v) is 4.97. The highest BCUT2D eigenvalue weighted by Crippen LogP contribution is 2.30. The van der Waals surface area contributed by atoms with Crippen molar-refractivity contribution in [2.75, 3.05) is 39.3 Å². The lowest BCUT2D eigenvalue weighted by atomic mass is 10.0. The van der Waals surface area contributed by atoms with Crippen LogP contribution in [0.1, 0.15) is 25.5 Å². The maximum atomic E-state index is 6.15. The van der Waals surface area contributed by atoms with Crippen LogP contribution in [-0.4, -0.2) is 49.1 Å². The Hall–Kier alpha value is -0.130. The van der Waals surface area contributed by atoms with E-state index in [1.54, 1.807) is 0 Å². The molecule has 0 amide bonds. The summed E-state index contributed by atoms with van der Waals surface area (Å²) in [4.78, 5) is 5.02. The van der Waals surface area contributed by atoms with Crippen molar-refractivity contribution < 1.29 is 0 Å². The zero-order valence-electron chi connectivity index (χ0n) is 12.9. The summed E-state index contributed by atoms with van der Waals surface area (Å²) in [5, 5.41) is 0.769. The number of rotatable bonds is 5. The molecule has 1 aliphatic heterocycles. The Morgan fingerprint density at radius 2 is 1.90 bits per heavy atom. The normalized spacial score (nSPS) is 19.1. The first kappa shape index (κ1) is 17.2. The first-order chi connectivity index (χ1) is 10.0. The van der Waals surface area contributed by atoms with Crippen LogP contribution in [0.2, 0.25) is 5.02 Å². The number of nitrogens with two attached hydrogens (primary N) is 1. The quantitative estimate of drug-likeness (QED) is 0.857. The van der Waals surface area contributed by atoms with Gasteiger partial charge >= 0.3 is 0 Å². The molecule has 2 rings (SSSR count). The van der Waals surface area contributed by atoms with E-state index in [4.69, 9.17) is 17.3 Å². The summed E-state index contributed by atoms with van der Waals surface area (Å²) in [6, 6.07) is 6.18. The molecule has 3 nitrogen and oxygen atoms in total. The van der Waals surface area contributed by atoms with Gasteiger partial charge in [-0.2, -0.15) is 0 Å². The molecule has 1 aromatic carbocycles. The number of piperazine rings is 1. The lowest BCUT2D eigenvalue weighted by Crippen LogP contribution is -2.49. The largest absolute Gasteiger partial charge is 0.329 e. The molecule has 1 unspecified atom stereocenters. The van der Waals surface area contributed by atoms with Gasteiger partial charge in [-0.25, -0.2) is 0 Å². The van der Waals surface area contributed by atoms with Gasteiger partial charge in [-0.15, -0.1) is 0 Å². The standard InChI is InChI=1S/C16H25BrClN3/c1-12(2)11-20-5-7-21(8-6-20)16(10-19)14-9-13(18)3-4-15(14)17/h3-4,9,12,16H,5-8,10-11,19H2,1-2H3. The van der Waals surface area contributed by atoms with E-state index < -0.39 is 0 Å². The minimum Gasteiger partial charge on any atom is -0.329 e. The molecule has 1 aliphatic rings. The smallest absolute Gasteiger partial charge is 0.0483 e. The molecule has 1 saturated heterocycles. The van der Waals surface area contributed by atoms with Gasteiger partial charge < -0.3 is 10.6 Å². The van der Waals surface area contributed by atoms with Crippen LogP contribution in [0.15, 0.2) is 22.7 Å². The number of halogens is 2. The minimum atomic E-state index is 0.235. The SMILES string of the molecule is CC(C)CN1CCN(C(CN)c2cc(Cl)ccc2Br)CC1. The summed E-state index contributed by atoms with van der Waals surface area (Å²) in [5.74, 6) is 0.726. The Balaban J connectivity index is 2.04. The molecule has 1 atom stereocenters. The van der Waals surface area contributed by atoms with E-state index in [-0.39, 0.29) is 6.04 Å². The summed E-state index contributed by atoms with van der Waals surface area (Å²) in [6.07, 6.45) is 0. The van der Waals surface area contributed by atoms with Crippen molar-refractivity contribution in [3.63, 3.8) is 0 Å². The van der Waals surface area contributed by atoms with Crippen LogP contribution in [0, 0.1) is 5.92 Å². The van der Waals surface area contributed by atoms with Gasteiger partial charge in [0.1, 0.15) is 0 Å². The lowest BCUT2D eigenvalue weighted by Gasteiger charge is -2.40. The molecule has 2 N–H and O–H groups in total. The van der Waals surface area contributed by atoms with E-state index in [0.717, 1.165) is 41.6 Å². The fourth-order valence-corrected chi connectivity index (χ4v) is 3.71. The molecule has 0 saturated carbocycles. The van der Waals surface area contributed by atoms with Crippen LogP contribution >= 0.6 is 27.5 Å². The molecule has 1 aromatic rings. The average molecular weight is 375 g/mol. The van der Waals surface area contributed by atoms with Gasteiger partial charge in [0, 0.05) is 54.8 Å². The second kappa shape index (κ2) is 7.93. The zero-order valence-corrected chi connectivity index (χ0v) is 15.2. The molecule has 5 heteroatoms. The van der Waals surface area contributed by atoms with Crippen molar-refractivity contribution in [2.45, 2.75) is 19.9 Å².